The number of para-hydroxylation sites is 1. The minimum absolute atomic E-state index is 0.241. The summed E-state index contributed by atoms with van der Waals surface area (Å²) in [5.41, 5.74) is 4.53. The van der Waals surface area contributed by atoms with Crippen molar-refractivity contribution in [1.29, 1.82) is 0 Å². The van der Waals surface area contributed by atoms with Crippen LogP contribution in [0.5, 0.6) is 0 Å². The lowest BCUT2D eigenvalue weighted by Crippen LogP contribution is -2.40. The molecule has 7 nitrogen and oxygen atoms in total. The monoisotopic (exact) mass is 415 g/mol. The van der Waals surface area contributed by atoms with Crippen molar-refractivity contribution in [2.45, 2.75) is 33.4 Å². The summed E-state index contributed by atoms with van der Waals surface area (Å²) < 4.78 is 4.78. The van der Waals surface area contributed by atoms with Crippen molar-refractivity contribution in [3.05, 3.63) is 86.1 Å². The summed E-state index contributed by atoms with van der Waals surface area (Å²) >= 11 is 0. The van der Waals surface area contributed by atoms with E-state index in [-0.39, 0.29) is 17.8 Å². The number of hydrogen-bond donors (Lipinski definition) is 0. The van der Waals surface area contributed by atoms with E-state index in [2.05, 4.69) is 24.0 Å². The fourth-order valence-electron chi connectivity index (χ4n) is 4.49. The Labute approximate surface area is 179 Å². The molecule has 0 fully saturated rings. The molecule has 3 heterocycles. The number of aryl methyl sites for hydroxylation is 4. The maximum Gasteiger partial charge on any atom is 0.332 e. The highest BCUT2D eigenvalue weighted by atomic mass is 16.2. The van der Waals surface area contributed by atoms with E-state index in [4.69, 9.17) is 4.98 Å². The van der Waals surface area contributed by atoms with Crippen molar-refractivity contribution < 1.29 is 0 Å². The lowest BCUT2D eigenvalue weighted by atomic mass is 10.1. The molecule has 158 valence electrons. The third kappa shape index (κ3) is 3.08. The first-order chi connectivity index (χ1) is 15.0. The molecule has 0 saturated carbocycles. The summed E-state index contributed by atoms with van der Waals surface area (Å²) in [6, 6.07) is 16.0. The Morgan fingerprint density at radius 3 is 2.58 bits per heavy atom. The number of benzene rings is 2. The number of imidazole rings is 1. The van der Waals surface area contributed by atoms with Gasteiger partial charge in [-0.05, 0) is 37.5 Å². The lowest BCUT2D eigenvalue weighted by molar-refractivity contribution is 0.597. The summed E-state index contributed by atoms with van der Waals surface area (Å²) in [5, 5.41) is 0. The van der Waals surface area contributed by atoms with Gasteiger partial charge in [-0.15, -0.1) is 0 Å². The highest BCUT2D eigenvalue weighted by Gasteiger charge is 2.27. The van der Waals surface area contributed by atoms with Gasteiger partial charge in [0.15, 0.2) is 11.2 Å². The fraction of sp³-hybridized carbons (Fsp3) is 0.292. The van der Waals surface area contributed by atoms with E-state index in [0.717, 1.165) is 41.3 Å². The van der Waals surface area contributed by atoms with Crippen molar-refractivity contribution in [2.75, 3.05) is 11.4 Å². The Balaban J connectivity index is 1.72. The number of aromatic nitrogens is 4. The van der Waals surface area contributed by atoms with Crippen LogP contribution in [0.4, 0.5) is 11.6 Å². The molecule has 31 heavy (non-hydrogen) atoms. The van der Waals surface area contributed by atoms with E-state index in [0.29, 0.717) is 17.7 Å². The molecule has 0 unspecified atom stereocenters. The van der Waals surface area contributed by atoms with Gasteiger partial charge in [0.25, 0.3) is 5.56 Å². The Kier molecular flexibility index (Phi) is 4.54. The first-order valence-electron chi connectivity index (χ1n) is 10.5. The Bertz CT molecular complexity index is 1430. The molecular formula is C24H25N5O2. The molecular weight excluding hydrogens is 390 g/mol. The van der Waals surface area contributed by atoms with Gasteiger partial charge in [0, 0.05) is 25.8 Å². The molecule has 0 saturated heterocycles. The topological polar surface area (TPSA) is 65.1 Å². The quantitative estimate of drug-likeness (QED) is 0.516. The largest absolute Gasteiger partial charge is 0.332 e. The molecule has 1 aliphatic rings. The molecule has 0 N–H and O–H groups in total. The molecule has 0 radical (unpaired) electrons. The van der Waals surface area contributed by atoms with Crippen LogP contribution in [0.25, 0.3) is 11.2 Å². The van der Waals surface area contributed by atoms with Crippen LogP contribution in [0.2, 0.25) is 0 Å². The average molecular weight is 415 g/mol. The van der Waals surface area contributed by atoms with E-state index >= 15 is 0 Å². The molecule has 0 atom stereocenters. The second-order valence-corrected chi connectivity index (χ2v) is 8.25. The molecule has 0 spiro atoms. The maximum absolute atomic E-state index is 13.5. The maximum atomic E-state index is 13.5. The molecule has 2 aromatic carbocycles. The zero-order valence-corrected chi connectivity index (χ0v) is 18.0. The third-order valence-electron chi connectivity index (χ3n) is 6.05. The van der Waals surface area contributed by atoms with Gasteiger partial charge in [0.2, 0.25) is 5.95 Å². The van der Waals surface area contributed by atoms with Crippen LogP contribution in [-0.2, 0) is 20.1 Å². The van der Waals surface area contributed by atoms with E-state index in [1.54, 1.807) is 7.05 Å². The third-order valence-corrected chi connectivity index (χ3v) is 6.05. The van der Waals surface area contributed by atoms with Gasteiger partial charge in [-0.25, -0.2) is 4.79 Å². The van der Waals surface area contributed by atoms with E-state index in [9.17, 15) is 9.59 Å². The number of hydrogen-bond acceptors (Lipinski definition) is 4. The van der Waals surface area contributed by atoms with Crippen LogP contribution < -0.4 is 16.1 Å². The molecule has 5 rings (SSSR count). The van der Waals surface area contributed by atoms with Crippen LogP contribution in [0, 0.1) is 13.8 Å². The van der Waals surface area contributed by atoms with Crippen LogP contribution in [0.3, 0.4) is 0 Å². The van der Waals surface area contributed by atoms with Crippen LogP contribution in [0.1, 0.15) is 23.1 Å². The van der Waals surface area contributed by atoms with Crippen LogP contribution in [-0.4, -0.2) is 25.2 Å². The van der Waals surface area contributed by atoms with E-state index in [1.165, 1.54) is 9.13 Å². The summed E-state index contributed by atoms with van der Waals surface area (Å²) in [6.07, 6.45) is 0.896. The minimum Gasteiger partial charge on any atom is -0.312 e. The van der Waals surface area contributed by atoms with E-state index < -0.39 is 0 Å². The fourth-order valence-corrected chi connectivity index (χ4v) is 4.49. The van der Waals surface area contributed by atoms with Crippen molar-refractivity contribution in [3.63, 3.8) is 0 Å². The van der Waals surface area contributed by atoms with Gasteiger partial charge >= 0.3 is 5.69 Å². The first kappa shape index (κ1) is 19.4. The van der Waals surface area contributed by atoms with Crippen LogP contribution >= 0.6 is 0 Å². The number of rotatable bonds is 3. The van der Waals surface area contributed by atoms with Gasteiger partial charge in [-0.1, -0.05) is 48.0 Å². The normalized spacial score (nSPS) is 13.6. The molecule has 0 amide bonds. The molecule has 1 aliphatic heterocycles. The number of fused-ring (bicyclic) bond motifs is 3. The molecule has 2 aromatic heterocycles. The second-order valence-electron chi connectivity index (χ2n) is 8.25. The van der Waals surface area contributed by atoms with Crippen molar-refractivity contribution >= 4 is 22.8 Å². The summed E-state index contributed by atoms with van der Waals surface area (Å²) in [4.78, 5) is 33.5. The minimum atomic E-state index is -0.350. The SMILES string of the molecule is Cc1cccc(Cn2c(=O)c3c(nc4n3CCCN4c3ccccc3C)n(C)c2=O)c1. The summed E-state index contributed by atoms with van der Waals surface area (Å²) in [7, 11) is 1.69. The standard InChI is InChI=1S/C24H25N5O2/c1-16-8-6-10-18(14-16)15-29-22(30)20-21(26(3)24(29)31)25-23-27(12-7-13-28(20)23)19-11-5-4-9-17(19)2/h4-6,8-11,14H,7,12-13,15H2,1-3H3. The van der Waals surface area contributed by atoms with Crippen molar-refractivity contribution in [2.24, 2.45) is 7.05 Å². The highest BCUT2D eigenvalue weighted by Crippen LogP contribution is 2.32. The summed E-state index contributed by atoms with van der Waals surface area (Å²) in [6.45, 7) is 5.83. The zero-order chi connectivity index (χ0) is 21.7. The number of nitrogens with zero attached hydrogens (tertiary/aromatic N) is 5. The highest BCUT2D eigenvalue weighted by molar-refractivity contribution is 5.77. The van der Waals surface area contributed by atoms with Gasteiger partial charge in [-0.3, -0.25) is 13.9 Å². The molecule has 4 aromatic rings. The first-order valence-corrected chi connectivity index (χ1v) is 10.5. The Hall–Kier alpha value is -3.61. The predicted octanol–water partition coefficient (Wildman–Crippen LogP) is 3.10. The van der Waals surface area contributed by atoms with Gasteiger partial charge in [0.05, 0.1) is 6.54 Å². The summed E-state index contributed by atoms with van der Waals surface area (Å²) in [5.74, 6) is 0.718. The molecule has 7 heteroatoms. The van der Waals surface area contributed by atoms with Crippen molar-refractivity contribution in [1.82, 2.24) is 18.7 Å². The molecule has 0 bridgehead atoms. The van der Waals surface area contributed by atoms with Crippen LogP contribution in [0.15, 0.2) is 58.1 Å². The van der Waals surface area contributed by atoms with Crippen molar-refractivity contribution in [3.8, 4) is 0 Å². The molecule has 0 aliphatic carbocycles. The average Bonchev–Trinajstić information content (AvgIpc) is 3.16. The predicted molar refractivity (Wildman–Crippen MR) is 122 cm³/mol. The second kappa shape index (κ2) is 7.27. The van der Waals surface area contributed by atoms with Gasteiger partial charge in [-0.2, -0.15) is 4.98 Å². The Morgan fingerprint density at radius 1 is 1.00 bits per heavy atom. The zero-order valence-electron chi connectivity index (χ0n) is 18.0. The number of anilines is 2. The van der Waals surface area contributed by atoms with Gasteiger partial charge in [0.1, 0.15) is 0 Å². The lowest BCUT2D eigenvalue weighted by Gasteiger charge is -2.30. The Morgan fingerprint density at radius 2 is 1.81 bits per heavy atom. The smallest absolute Gasteiger partial charge is 0.312 e. The van der Waals surface area contributed by atoms with E-state index in [1.807, 2.05) is 47.9 Å². The van der Waals surface area contributed by atoms with Gasteiger partial charge < -0.3 is 9.47 Å².